The second-order valence-corrected chi connectivity index (χ2v) is 4.22. The van der Waals surface area contributed by atoms with E-state index in [0.717, 1.165) is 11.3 Å². The van der Waals surface area contributed by atoms with Gasteiger partial charge < -0.3 is 0 Å². The molecule has 0 saturated carbocycles. The average molecular weight is 251 g/mol. The summed E-state index contributed by atoms with van der Waals surface area (Å²) in [5, 5.41) is 11.9. The van der Waals surface area contributed by atoms with Crippen LogP contribution in [0.3, 0.4) is 0 Å². The number of aryl methyl sites for hydroxylation is 2. The molecule has 0 fully saturated rings. The van der Waals surface area contributed by atoms with Crippen molar-refractivity contribution in [3.05, 3.63) is 64.0 Å². The van der Waals surface area contributed by atoms with Crippen LogP contribution in [0.4, 0.5) is 17.1 Å². The van der Waals surface area contributed by atoms with E-state index in [1.165, 1.54) is 5.56 Å². The number of hydrogen-bond acceptors (Lipinski definition) is 3. The molecule has 0 atom stereocenters. The number of azo groups is 1. The minimum absolute atomic E-state index is 0.476. The summed E-state index contributed by atoms with van der Waals surface area (Å²) in [4.78, 5) is 2.79. The Morgan fingerprint density at radius 1 is 0.842 bits per heavy atom. The molecule has 0 aliphatic carbocycles. The number of hydrogen-bond donors (Lipinski definition) is 0. The maximum Gasteiger partial charge on any atom is 0.0955 e. The van der Waals surface area contributed by atoms with Gasteiger partial charge in [-0.15, -0.1) is 0 Å². The van der Waals surface area contributed by atoms with Crippen LogP contribution in [0.5, 0.6) is 0 Å². The van der Waals surface area contributed by atoms with E-state index < -0.39 is 0 Å². The molecule has 0 aliphatic rings. The van der Waals surface area contributed by atoms with Gasteiger partial charge in [0.1, 0.15) is 0 Å². The molecule has 0 heterocycles. The van der Waals surface area contributed by atoms with Gasteiger partial charge in [0.25, 0.3) is 0 Å². The van der Waals surface area contributed by atoms with Crippen molar-refractivity contribution in [2.24, 2.45) is 15.3 Å². The van der Waals surface area contributed by atoms with Gasteiger partial charge in [0.05, 0.1) is 17.1 Å². The lowest BCUT2D eigenvalue weighted by Crippen LogP contribution is -1.72. The zero-order valence-corrected chi connectivity index (χ0v) is 10.8. The van der Waals surface area contributed by atoms with Crippen LogP contribution in [-0.4, -0.2) is 0 Å². The van der Waals surface area contributed by atoms with Crippen molar-refractivity contribution in [1.29, 1.82) is 0 Å². The zero-order chi connectivity index (χ0) is 13.7. The molecular weight excluding hydrogens is 238 g/mol. The fraction of sp³-hybridized carbons (Fsp3) is 0.143. The highest BCUT2D eigenvalue weighted by Gasteiger charge is 1.99. The molecule has 5 nitrogen and oxygen atoms in total. The first kappa shape index (κ1) is 12.8. The third kappa shape index (κ3) is 3.40. The Bertz CT molecular complexity index is 652. The van der Waals surface area contributed by atoms with Gasteiger partial charge >= 0.3 is 0 Å². The maximum absolute atomic E-state index is 8.52. The van der Waals surface area contributed by atoms with E-state index in [2.05, 4.69) is 20.3 Å². The lowest BCUT2D eigenvalue weighted by Gasteiger charge is -2.00. The molecule has 0 aliphatic heterocycles. The van der Waals surface area contributed by atoms with Crippen LogP contribution >= 0.6 is 0 Å². The molecule has 5 heteroatoms. The maximum atomic E-state index is 8.52. The number of benzene rings is 2. The van der Waals surface area contributed by atoms with Crippen molar-refractivity contribution in [3.63, 3.8) is 0 Å². The molecule has 0 radical (unpaired) electrons. The lowest BCUT2D eigenvalue weighted by atomic mass is 10.2. The largest absolute Gasteiger partial charge is 0.151 e. The molecule has 0 unspecified atom stereocenters. The number of rotatable bonds is 3. The van der Waals surface area contributed by atoms with Crippen LogP contribution < -0.4 is 0 Å². The van der Waals surface area contributed by atoms with Crippen LogP contribution in [-0.2, 0) is 0 Å². The predicted molar refractivity (Wildman–Crippen MR) is 75.3 cm³/mol. The summed E-state index contributed by atoms with van der Waals surface area (Å²) in [7, 11) is 0. The van der Waals surface area contributed by atoms with Crippen molar-refractivity contribution in [2.75, 3.05) is 0 Å². The van der Waals surface area contributed by atoms with Crippen molar-refractivity contribution in [3.8, 4) is 0 Å². The van der Waals surface area contributed by atoms with E-state index in [-0.39, 0.29) is 0 Å². The van der Waals surface area contributed by atoms with Crippen LogP contribution in [0.2, 0.25) is 0 Å². The fourth-order valence-corrected chi connectivity index (χ4v) is 1.57. The van der Waals surface area contributed by atoms with Crippen molar-refractivity contribution >= 4 is 17.1 Å². The Labute approximate surface area is 111 Å². The van der Waals surface area contributed by atoms with Crippen LogP contribution in [0.15, 0.2) is 57.8 Å². The molecule has 2 rings (SSSR count). The summed E-state index contributed by atoms with van der Waals surface area (Å²) < 4.78 is 0. The Balaban J connectivity index is 2.34. The van der Waals surface area contributed by atoms with E-state index in [9.17, 15) is 0 Å². The van der Waals surface area contributed by atoms with Crippen LogP contribution in [0, 0.1) is 13.8 Å². The summed E-state index contributed by atoms with van der Waals surface area (Å²) in [6, 6.07) is 13.2. The summed E-state index contributed by atoms with van der Waals surface area (Å²) >= 11 is 0. The molecule has 0 saturated heterocycles. The van der Waals surface area contributed by atoms with Gasteiger partial charge in [-0.3, -0.25) is 0 Å². The molecule has 94 valence electrons. The minimum atomic E-state index is 0.476. The second kappa shape index (κ2) is 5.80. The molecule has 19 heavy (non-hydrogen) atoms. The fourth-order valence-electron chi connectivity index (χ4n) is 1.57. The van der Waals surface area contributed by atoms with E-state index in [4.69, 9.17) is 5.53 Å². The average Bonchev–Trinajstić information content (AvgIpc) is 2.41. The number of azide groups is 1. The summed E-state index contributed by atoms with van der Waals surface area (Å²) in [5.74, 6) is 0. The van der Waals surface area contributed by atoms with Crippen molar-refractivity contribution in [2.45, 2.75) is 13.8 Å². The Morgan fingerprint density at radius 2 is 1.53 bits per heavy atom. The monoisotopic (exact) mass is 251 g/mol. The topological polar surface area (TPSA) is 73.5 Å². The van der Waals surface area contributed by atoms with Gasteiger partial charge in [-0.2, -0.15) is 10.2 Å². The standard InChI is InChI=1S/C14H13N5/c1-10-3-6-12(7-4-10)16-17-14-9-11(2)5-8-13(14)18-19-15/h3-9H,1-2H3. The van der Waals surface area contributed by atoms with E-state index >= 15 is 0 Å². The molecule has 2 aromatic rings. The first-order valence-corrected chi connectivity index (χ1v) is 5.83. The third-order valence-corrected chi connectivity index (χ3v) is 2.59. The smallest absolute Gasteiger partial charge is 0.0955 e. The quantitative estimate of drug-likeness (QED) is 0.383. The van der Waals surface area contributed by atoms with E-state index in [1.807, 2.05) is 50.2 Å². The number of nitrogens with zero attached hydrogens (tertiary/aromatic N) is 5. The molecule has 0 N–H and O–H groups in total. The van der Waals surface area contributed by atoms with Gasteiger partial charge in [-0.1, -0.05) is 34.9 Å². The highest BCUT2D eigenvalue weighted by atomic mass is 15.2. The van der Waals surface area contributed by atoms with Gasteiger partial charge in [0.15, 0.2) is 0 Å². The van der Waals surface area contributed by atoms with Crippen molar-refractivity contribution < 1.29 is 0 Å². The van der Waals surface area contributed by atoms with Gasteiger partial charge in [-0.25, -0.2) is 0 Å². The normalized spacial score (nSPS) is 10.4. The minimum Gasteiger partial charge on any atom is -0.151 e. The highest BCUT2D eigenvalue weighted by Crippen LogP contribution is 2.30. The van der Waals surface area contributed by atoms with Gasteiger partial charge in [-0.05, 0) is 43.1 Å². The van der Waals surface area contributed by atoms with E-state index in [1.54, 1.807) is 6.07 Å². The summed E-state index contributed by atoms with van der Waals surface area (Å²) in [5.41, 5.74) is 12.5. The van der Waals surface area contributed by atoms with E-state index in [0.29, 0.717) is 11.4 Å². The SMILES string of the molecule is Cc1ccc(N=Nc2cc(C)ccc2N=[N+]=[N-])cc1. The second-order valence-electron chi connectivity index (χ2n) is 4.22. The zero-order valence-electron chi connectivity index (χ0n) is 10.8. The first-order chi connectivity index (χ1) is 9.19. The first-order valence-electron chi connectivity index (χ1n) is 5.83. The van der Waals surface area contributed by atoms with Crippen molar-refractivity contribution in [1.82, 2.24) is 0 Å². The predicted octanol–water partition coefficient (Wildman–Crippen LogP) is 5.66. The summed E-state index contributed by atoms with van der Waals surface area (Å²) in [6.07, 6.45) is 0. The highest BCUT2D eigenvalue weighted by molar-refractivity contribution is 5.62. The van der Waals surface area contributed by atoms with Gasteiger partial charge in [0.2, 0.25) is 0 Å². The molecule has 0 aromatic heterocycles. The Hall–Kier alpha value is -2.65. The lowest BCUT2D eigenvalue weighted by molar-refractivity contribution is 1.21. The third-order valence-electron chi connectivity index (χ3n) is 2.59. The van der Waals surface area contributed by atoms with Crippen LogP contribution in [0.25, 0.3) is 10.4 Å². The Kier molecular flexibility index (Phi) is 3.90. The molecule has 2 aromatic carbocycles. The molecule has 0 spiro atoms. The summed E-state index contributed by atoms with van der Waals surface area (Å²) in [6.45, 7) is 3.96. The van der Waals surface area contributed by atoms with Gasteiger partial charge in [0, 0.05) is 4.91 Å². The molecule has 0 bridgehead atoms. The van der Waals surface area contributed by atoms with Crippen LogP contribution in [0.1, 0.15) is 11.1 Å². The Morgan fingerprint density at radius 3 is 2.21 bits per heavy atom. The molecule has 0 amide bonds. The molecular formula is C14H13N5.